The van der Waals surface area contributed by atoms with Crippen LogP contribution in [0.25, 0.3) is 0 Å². The Bertz CT molecular complexity index is 761. The fourth-order valence-electron chi connectivity index (χ4n) is 2.26. The molecule has 24 heavy (non-hydrogen) atoms. The lowest BCUT2D eigenvalue weighted by Gasteiger charge is -2.10. The van der Waals surface area contributed by atoms with Crippen LogP contribution in [-0.2, 0) is 11.3 Å². The first-order valence-electron chi connectivity index (χ1n) is 7.71. The SMILES string of the molecule is Cc1cc(C#CCCCOCc2c(Br)ccc(N)c2I)cc(C)n1. The molecule has 2 aromatic rings. The third-order valence-corrected chi connectivity index (χ3v) is 5.38. The molecule has 0 bridgehead atoms. The lowest BCUT2D eigenvalue weighted by atomic mass is 10.2. The summed E-state index contributed by atoms with van der Waals surface area (Å²) in [5, 5.41) is 0. The van der Waals surface area contributed by atoms with Crippen molar-refractivity contribution in [1.29, 1.82) is 0 Å². The molecule has 2 N–H and O–H groups in total. The highest BCUT2D eigenvalue weighted by molar-refractivity contribution is 14.1. The molecule has 0 spiro atoms. The van der Waals surface area contributed by atoms with Gasteiger partial charge in [0, 0.05) is 49.3 Å². The van der Waals surface area contributed by atoms with Gasteiger partial charge in [-0.05, 0) is 67.1 Å². The topological polar surface area (TPSA) is 48.1 Å². The van der Waals surface area contributed by atoms with E-state index in [-0.39, 0.29) is 0 Å². The monoisotopic (exact) mass is 498 g/mol. The number of hydrogen-bond acceptors (Lipinski definition) is 3. The number of ether oxygens (including phenoxy) is 1. The predicted octanol–water partition coefficient (Wildman–Crippen LogP) is 5.00. The summed E-state index contributed by atoms with van der Waals surface area (Å²) in [7, 11) is 0. The molecule has 0 aliphatic carbocycles. The molecule has 0 unspecified atom stereocenters. The standard InChI is InChI=1S/C19H20BrIN2O/c1-13-10-15(11-14(2)23-13)6-4-3-5-9-24-12-16-17(20)7-8-18(22)19(16)21/h7-8,10-11H,3,5,9,12,22H2,1-2H3. The van der Waals surface area contributed by atoms with E-state index in [0.29, 0.717) is 13.2 Å². The lowest BCUT2D eigenvalue weighted by molar-refractivity contribution is 0.118. The van der Waals surface area contributed by atoms with Crippen LogP contribution in [0.1, 0.15) is 35.4 Å². The molecule has 5 heteroatoms. The van der Waals surface area contributed by atoms with Gasteiger partial charge in [-0.2, -0.15) is 0 Å². The number of halogens is 2. The highest BCUT2D eigenvalue weighted by atomic mass is 127. The van der Waals surface area contributed by atoms with Crippen LogP contribution in [-0.4, -0.2) is 11.6 Å². The zero-order valence-electron chi connectivity index (χ0n) is 13.8. The number of unbranched alkanes of at least 4 members (excludes halogenated alkanes) is 1. The number of nitrogen functional groups attached to an aromatic ring is 1. The summed E-state index contributed by atoms with van der Waals surface area (Å²) < 4.78 is 7.84. The van der Waals surface area contributed by atoms with Crippen LogP contribution in [0.15, 0.2) is 28.7 Å². The Morgan fingerprint density at radius 1 is 1.25 bits per heavy atom. The van der Waals surface area contributed by atoms with Gasteiger partial charge in [-0.3, -0.25) is 4.98 Å². The second-order valence-corrected chi connectivity index (χ2v) is 7.46. The number of pyridine rings is 1. The van der Waals surface area contributed by atoms with Crippen LogP contribution < -0.4 is 5.73 Å². The van der Waals surface area contributed by atoms with E-state index in [1.165, 1.54) is 0 Å². The molecule has 0 amide bonds. The maximum atomic E-state index is 5.93. The number of nitrogens with two attached hydrogens (primary N) is 1. The Morgan fingerprint density at radius 2 is 1.96 bits per heavy atom. The van der Waals surface area contributed by atoms with E-state index in [9.17, 15) is 0 Å². The fraction of sp³-hybridized carbons (Fsp3) is 0.316. The summed E-state index contributed by atoms with van der Waals surface area (Å²) in [5.74, 6) is 6.39. The minimum atomic E-state index is 0.556. The molecule has 0 atom stereocenters. The smallest absolute Gasteiger partial charge is 0.0739 e. The number of anilines is 1. The first-order valence-corrected chi connectivity index (χ1v) is 9.59. The van der Waals surface area contributed by atoms with Gasteiger partial charge >= 0.3 is 0 Å². The average Bonchev–Trinajstić information content (AvgIpc) is 2.52. The quantitative estimate of drug-likeness (QED) is 0.273. The summed E-state index contributed by atoms with van der Waals surface area (Å²) >= 11 is 5.80. The zero-order valence-corrected chi connectivity index (χ0v) is 17.6. The zero-order chi connectivity index (χ0) is 17.5. The average molecular weight is 499 g/mol. The minimum absolute atomic E-state index is 0.556. The summed E-state index contributed by atoms with van der Waals surface area (Å²) in [5.41, 5.74) is 10.9. The summed E-state index contributed by atoms with van der Waals surface area (Å²) in [4.78, 5) is 4.35. The van der Waals surface area contributed by atoms with E-state index in [4.69, 9.17) is 10.5 Å². The number of rotatable bonds is 5. The largest absolute Gasteiger partial charge is 0.398 e. The third kappa shape index (κ3) is 5.76. The maximum Gasteiger partial charge on any atom is 0.0739 e. The van der Waals surface area contributed by atoms with Crippen molar-refractivity contribution in [2.45, 2.75) is 33.3 Å². The maximum absolute atomic E-state index is 5.93. The Labute approximate surface area is 165 Å². The molecule has 2 rings (SSSR count). The molecular formula is C19H20BrIN2O. The van der Waals surface area contributed by atoms with Crippen LogP contribution in [0.4, 0.5) is 5.69 Å². The van der Waals surface area contributed by atoms with Crippen LogP contribution in [0.3, 0.4) is 0 Å². The fourth-order valence-corrected chi connectivity index (χ4v) is 3.70. The van der Waals surface area contributed by atoms with Crippen LogP contribution >= 0.6 is 38.5 Å². The van der Waals surface area contributed by atoms with Gasteiger partial charge < -0.3 is 10.5 Å². The van der Waals surface area contributed by atoms with Crippen molar-refractivity contribution < 1.29 is 4.74 Å². The molecule has 126 valence electrons. The Hall–Kier alpha value is -1.10. The summed E-state index contributed by atoms with van der Waals surface area (Å²) in [6.07, 6.45) is 1.72. The molecule has 0 radical (unpaired) electrons. The molecule has 0 fully saturated rings. The third-order valence-electron chi connectivity index (χ3n) is 3.37. The van der Waals surface area contributed by atoms with Gasteiger partial charge in [0.15, 0.2) is 0 Å². The number of nitrogens with zero attached hydrogens (tertiary/aromatic N) is 1. The van der Waals surface area contributed by atoms with E-state index in [1.54, 1.807) is 0 Å². The van der Waals surface area contributed by atoms with E-state index in [2.05, 4.69) is 55.3 Å². The minimum Gasteiger partial charge on any atom is -0.398 e. The number of aryl methyl sites for hydroxylation is 2. The molecule has 0 aliphatic heterocycles. The molecule has 0 aliphatic rings. The molecule has 1 heterocycles. The summed E-state index contributed by atoms with van der Waals surface area (Å²) in [6.45, 7) is 5.21. The second-order valence-electron chi connectivity index (χ2n) is 5.53. The van der Waals surface area contributed by atoms with Crippen molar-refractivity contribution >= 4 is 44.2 Å². The molecule has 0 saturated carbocycles. The van der Waals surface area contributed by atoms with Gasteiger partial charge in [-0.1, -0.05) is 27.8 Å². The van der Waals surface area contributed by atoms with Crippen LogP contribution in [0, 0.1) is 29.3 Å². The molecule has 1 aromatic carbocycles. The summed E-state index contributed by atoms with van der Waals surface area (Å²) in [6, 6.07) is 7.87. The molecule has 1 aromatic heterocycles. The highest BCUT2D eigenvalue weighted by Crippen LogP contribution is 2.27. The number of aromatic nitrogens is 1. The van der Waals surface area contributed by atoms with Gasteiger partial charge in [0.25, 0.3) is 0 Å². The van der Waals surface area contributed by atoms with Crippen LogP contribution in [0.2, 0.25) is 0 Å². The van der Waals surface area contributed by atoms with Crippen molar-refractivity contribution in [3.8, 4) is 11.8 Å². The van der Waals surface area contributed by atoms with E-state index in [0.717, 1.165) is 49.1 Å². The van der Waals surface area contributed by atoms with Crippen LogP contribution in [0.5, 0.6) is 0 Å². The number of benzene rings is 1. The van der Waals surface area contributed by atoms with Crippen molar-refractivity contribution in [3.63, 3.8) is 0 Å². The van der Waals surface area contributed by atoms with Crippen molar-refractivity contribution in [1.82, 2.24) is 4.98 Å². The van der Waals surface area contributed by atoms with Crippen molar-refractivity contribution in [2.75, 3.05) is 12.3 Å². The van der Waals surface area contributed by atoms with Crippen molar-refractivity contribution in [2.24, 2.45) is 0 Å². The molecule has 3 nitrogen and oxygen atoms in total. The lowest BCUT2D eigenvalue weighted by Crippen LogP contribution is -2.01. The second kappa shape index (κ2) is 9.40. The molecule has 0 saturated heterocycles. The Kier molecular flexibility index (Phi) is 7.53. The van der Waals surface area contributed by atoms with E-state index in [1.807, 2.05) is 38.1 Å². The van der Waals surface area contributed by atoms with Crippen molar-refractivity contribution in [3.05, 3.63) is 54.8 Å². The Morgan fingerprint density at radius 3 is 2.67 bits per heavy atom. The molecular weight excluding hydrogens is 479 g/mol. The normalized spacial score (nSPS) is 10.3. The predicted molar refractivity (Wildman–Crippen MR) is 111 cm³/mol. The first kappa shape index (κ1) is 19.2. The Balaban J connectivity index is 1.77. The first-order chi connectivity index (χ1) is 11.5. The van der Waals surface area contributed by atoms with Gasteiger partial charge in [0.05, 0.1) is 6.61 Å². The highest BCUT2D eigenvalue weighted by Gasteiger charge is 2.07. The number of hydrogen-bond donors (Lipinski definition) is 1. The van der Waals surface area contributed by atoms with E-state index < -0.39 is 0 Å². The van der Waals surface area contributed by atoms with Gasteiger partial charge in [-0.15, -0.1) is 0 Å². The van der Waals surface area contributed by atoms with Gasteiger partial charge in [0.2, 0.25) is 0 Å². The van der Waals surface area contributed by atoms with Gasteiger partial charge in [0.1, 0.15) is 0 Å². The van der Waals surface area contributed by atoms with E-state index >= 15 is 0 Å². The van der Waals surface area contributed by atoms with Gasteiger partial charge in [-0.25, -0.2) is 0 Å².